The molecule has 1 heterocycles. The second-order valence-corrected chi connectivity index (χ2v) is 21.5. The molecular formula is C76H69N3. The minimum atomic E-state index is -0.829. The van der Waals surface area contributed by atoms with Crippen LogP contribution >= 0.6 is 0 Å². The molecule has 10 aromatic carbocycles. The number of para-hydroxylation sites is 1. The monoisotopic (exact) mass is 1020 g/mol. The van der Waals surface area contributed by atoms with E-state index >= 15 is 0 Å². The molecule has 0 aliphatic carbocycles. The van der Waals surface area contributed by atoms with E-state index in [-0.39, 0.29) is 0 Å². The molecule has 11 rings (SSSR count). The van der Waals surface area contributed by atoms with Crippen molar-refractivity contribution in [3.8, 4) is 22.3 Å². The Labute approximate surface area is 469 Å². The molecule has 0 amide bonds. The number of nitrogens with zero attached hydrogens (tertiary/aromatic N) is 3. The maximum atomic E-state index is 5.22. The Kier molecular flexibility index (Phi) is 14.2. The quantitative estimate of drug-likeness (QED) is 0.107. The standard InChI is InChI=1S/C76H69N3/c1-11-65(77(74-49-55(6)53(4)47-57(74)8)66-39-30-62(31-40-66)60-20-14-12-15-21-60)38-29-59(10)76(70-24-18-19-25-72(70)79(69-36-26-51(2)27-37-69)73-45-28-52(3)46-71(73)76)64-34-43-68(44-35-64)78(75-50-56(7)54(5)48-58(75)9)67-41-32-63(33-42-67)61-22-16-13-17-23-61/h11-50H,10H2,1-9H3/b38-29-,65-11+. The molecular weight excluding hydrogens is 955 g/mol. The molecule has 1 aliphatic rings. The number of rotatable bonds is 13. The third-order valence-corrected chi connectivity index (χ3v) is 16.3. The fourth-order valence-corrected chi connectivity index (χ4v) is 11.8. The molecule has 10 aromatic rings. The van der Waals surface area contributed by atoms with Gasteiger partial charge in [0, 0.05) is 39.8 Å². The Bertz CT molecular complexity index is 3920. The molecule has 3 nitrogen and oxygen atoms in total. The highest BCUT2D eigenvalue weighted by Gasteiger charge is 2.46. The van der Waals surface area contributed by atoms with Gasteiger partial charge in [-0.15, -0.1) is 0 Å². The van der Waals surface area contributed by atoms with Crippen molar-refractivity contribution in [3.63, 3.8) is 0 Å². The van der Waals surface area contributed by atoms with Crippen LogP contribution < -0.4 is 14.7 Å². The minimum Gasteiger partial charge on any atom is -0.311 e. The van der Waals surface area contributed by atoms with Crippen LogP contribution in [0.4, 0.5) is 45.5 Å². The van der Waals surface area contributed by atoms with E-state index in [0.29, 0.717) is 0 Å². The van der Waals surface area contributed by atoms with Crippen LogP contribution in [0.3, 0.4) is 0 Å². The second-order valence-electron chi connectivity index (χ2n) is 21.5. The lowest BCUT2D eigenvalue weighted by Gasteiger charge is -2.47. The lowest BCUT2D eigenvalue weighted by Crippen LogP contribution is -2.38. The number of benzene rings is 10. The van der Waals surface area contributed by atoms with Crippen molar-refractivity contribution in [2.45, 2.75) is 67.7 Å². The Balaban J connectivity index is 1.10. The lowest BCUT2D eigenvalue weighted by molar-refractivity contribution is 0.731. The highest BCUT2D eigenvalue weighted by molar-refractivity contribution is 5.91. The van der Waals surface area contributed by atoms with Gasteiger partial charge in [-0.3, -0.25) is 0 Å². The molecule has 79 heavy (non-hydrogen) atoms. The van der Waals surface area contributed by atoms with Gasteiger partial charge in [0.25, 0.3) is 0 Å². The van der Waals surface area contributed by atoms with Crippen molar-refractivity contribution in [3.05, 3.63) is 322 Å². The molecule has 1 unspecified atom stereocenters. The summed E-state index contributed by atoms with van der Waals surface area (Å²) < 4.78 is 0. The van der Waals surface area contributed by atoms with Crippen LogP contribution in [0.1, 0.15) is 68.1 Å². The summed E-state index contributed by atoms with van der Waals surface area (Å²) in [6.07, 6.45) is 6.80. The molecule has 0 spiro atoms. The third kappa shape index (κ3) is 9.72. The predicted molar refractivity (Wildman–Crippen MR) is 338 cm³/mol. The summed E-state index contributed by atoms with van der Waals surface area (Å²) >= 11 is 0. The van der Waals surface area contributed by atoms with Crippen LogP contribution in [0.25, 0.3) is 22.3 Å². The summed E-state index contributed by atoms with van der Waals surface area (Å²) in [7, 11) is 0. The van der Waals surface area contributed by atoms with Gasteiger partial charge >= 0.3 is 0 Å². The van der Waals surface area contributed by atoms with Gasteiger partial charge in [-0.1, -0.05) is 182 Å². The summed E-state index contributed by atoms with van der Waals surface area (Å²) in [5.74, 6) is 0. The zero-order chi connectivity index (χ0) is 55.0. The zero-order valence-corrected chi connectivity index (χ0v) is 47.1. The first-order chi connectivity index (χ1) is 38.3. The van der Waals surface area contributed by atoms with Crippen LogP contribution in [0, 0.1) is 55.4 Å². The number of anilines is 8. The first kappa shape index (κ1) is 51.9. The van der Waals surface area contributed by atoms with Gasteiger partial charge in [0.1, 0.15) is 0 Å². The fourth-order valence-electron chi connectivity index (χ4n) is 11.8. The van der Waals surface area contributed by atoms with Gasteiger partial charge < -0.3 is 14.7 Å². The predicted octanol–water partition coefficient (Wildman–Crippen LogP) is 20.9. The first-order valence-corrected chi connectivity index (χ1v) is 27.6. The van der Waals surface area contributed by atoms with Crippen LogP contribution in [0.2, 0.25) is 0 Å². The zero-order valence-electron chi connectivity index (χ0n) is 47.1. The van der Waals surface area contributed by atoms with Crippen molar-refractivity contribution in [1.29, 1.82) is 0 Å². The minimum absolute atomic E-state index is 0.829. The highest BCUT2D eigenvalue weighted by atomic mass is 15.2. The van der Waals surface area contributed by atoms with Crippen molar-refractivity contribution >= 4 is 45.5 Å². The molecule has 388 valence electrons. The topological polar surface area (TPSA) is 9.72 Å². The number of fused-ring (bicyclic) bond motifs is 2. The van der Waals surface area contributed by atoms with E-state index in [1.165, 1.54) is 72.3 Å². The van der Waals surface area contributed by atoms with Crippen molar-refractivity contribution in [1.82, 2.24) is 0 Å². The number of aryl methyl sites for hydroxylation is 8. The van der Waals surface area contributed by atoms with Gasteiger partial charge in [-0.2, -0.15) is 0 Å². The Morgan fingerprint density at radius 3 is 1.46 bits per heavy atom. The smallest absolute Gasteiger partial charge is 0.0736 e. The van der Waals surface area contributed by atoms with E-state index in [4.69, 9.17) is 6.58 Å². The average molecular weight is 1020 g/mol. The molecule has 0 radical (unpaired) electrons. The lowest BCUT2D eigenvalue weighted by atomic mass is 9.62. The van der Waals surface area contributed by atoms with Crippen molar-refractivity contribution in [2.24, 2.45) is 0 Å². The largest absolute Gasteiger partial charge is 0.311 e. The van der Waals surface area contributed by atoms with Crippen LogP contribution in [0.15, 0.2) is 261 Å². The third-order valence-electron chi connectivity index (χ3n) is 16.3. The molecule has 0 fully saturated rings. The summed E-state index contributed by atoms with van der Waals surface area (Å²) in [6, 6.07) is 82.7. The van der Waals surface area contributed by atoms with E-state index in [1.54, 1.807) is 0 Å². The van der Waals surface area contributed by atoms with Crippen molar-refractivity contribution < 1.29 is 0 Å². The summed E-state index contributed by atoms with van der Waals surface area (Å²) in [4.78, 5) is 7.27. The van der Waals surface area contributed by atoms with Crippen LogP contribution in [-0.4, -0.2) is 0 Å². The second kappa shape index (κ2) is 21.7. The average Bonchev–Trinajstić information content (AvgIpc) is 3.64. The molecule has 0 saturated heterocycles. The van der Waals surface area contributed by atoms with E-state index in [9.17, 15) is 0 Å². The van der Waals surface area contributed by atoms with Gasteiger partial charge in [0.05, 0.1) is 16.8 Å². The van der Waals surface area contributed by atoms with Gasteiger partial charge in [0.2, 0.25) is 0 Å². The van der Waals surface area contributed by atoms with E-state index in [1.807, 2.05) is 0 Å². The van der Waals surface area contributed by atoms with Gasteiger partial charge in [-0.05, 0) is 219 Å². The SMILES string of the molecule is C=C(/C=C\C(=C/C)N(c1ccc(-c2ccccc2)cc1)c1cc(C)c(C)cc1C)C1(c2ccc(N(c3ccc(-c4ccccc4)cc3)c3cc(C)c(C)cc3C)cc2)c2ccccc2N(c2ccc(C)cc2)c2ccc(C)cc21. The molecule has 0 saturated carbocycles. The van der Waals surface area contributed by atoms with E-state index < -0.39 is 5.41 Å². The summed E-state index contributed by atoms with van der Waals surface area (Å²) in [5, 5.41) is 0. The Hall–Kier alpha value is -9.18. The molecule has 0 aromatic heterocycles. The number of hydrogen-bond donors (Lipinski definition) is 0. The van der Waals surface area contributed by atoms with Gasteiger partial charge in [-0.25, -0.2) is 0 Å². The Morgan fingerprint density at radius 2 is 0.873 bits per heavy atom. The molecule has 0 bridgehead atoms. The maximum absolute atomic E-state index is 5.22. The van der Waals surface area contributed by atoms with Gasteiger partial charge in [0.15, 0.2) is 0 Å². The molecule has 0 N–H and O–H groups in total. The normalized spacial score (nSPS) is 14.0. The summed E-state index contributed by atoms with van der Waals surface area (Å²) in [6.45, 7) is 25.0. The number of allylic oxidation sites excluding steroid dienone is 4. The van der Waals surface area contributed by atoms with Crippen molar-refractivity contribution in [2.75, 3.05) is 14.7 Å². The highest BCUT2D eigenvalue weighted by Crippen LogP contribution is 2.58. The molecule has 3 heteroatoms. The van der Waals surface area contributed by atoms with Crippen LogP contribution in [-0.2, 0) is 5.41 Å². The van der Waals surface area contributed by atoms with E-state index in [0.717, 1.165) is 67.9 Å². The maximum Gasteiger partial charge on any atom is 0.0736 e. The first-order valence-electron chi connectivity index (χ1n) is 27.6. The summed E-state index contributed by atoms with van der Waals surface area (Å²) in [5.41, 5.74) is 28.2. The fraction of sp³-hybridized carbons (Fsp3) is 0.132. The Morgan fingerprint density at radius 1 is 0.405 bits per heavy atom. The molecule has 1 atom stereocenters. The van der Waals surface area contributed by atoms with Crippen LogP contribution in [0.5, 0.6) is 0 Å². The molecule has 1 aliphatic heterocycles. The van der Waals surface area contributed by atoms with E-state index in [2.05, 4.69) is 320 Å². The number of hydrogen-bond acceptors (Lipinski definition) is 3.